The first kappa shape index (κ1) is 18.2. The molecule has 130 valence electrons. The Morgan fingerprint density at radius 2 is 1.60 bits per heavy atom. The first-order valence-corrected chi connectivity index (χ1v) is 7.50. The standard InChI is InChI=1S/C19H18O6/c1-11-14(17(23)19(25-3)18(24-2)16(11)22)10-13-6-4-12(5-7-13)8-9-15(20)21/h4-9H,10H2,1-3H3,(H,20,21)/b9-8+. The van der Waals surface area contributed by atoms with Gasteiger partial charge in [0.2, 0.25) is 23.1 Å². The predicted molar refractivity (Wildman–Crippen MR) is 90.6 cm³/mol. The summed E-state index contributed by atoms with van der Waals surface area (Å²) >= 11 is 0. The highest BCUT2D eigenvalue weighted by molar-refractivity contribution is 6.23. The number of carboxylic acids is 1. The summed E-state index contributed by atoms with van der Waals surface area (Å²) < 4.78 is 10.1. The zero-order chi connectivity index (χ0) is 18.6. The van der Waals surface area contributed by atoms with Crippen molar-refractivity contribution in [2.24, 2.45) is 0 Å². The molecule has 0 aliphatic heterocycles. The molecule has 6 heteroatoms. The number of Topliss-reactive ketones (excluding diaryl/α,β-unsaturated/α-hetero) is 2. The number of carbonyl (C=O) groups excluding carboxylic acids is 2. The third-order valence-electron chi connectivity index (χ3n) is 3.87. The number of ketones is 2. The summed E-state index contributed by atoms with van der Waals surface area (Å²) in [5.74, 6) is -1.93. The molecule has 1 N–H and O–H groups in total. The van der Waals surface area contributed by atoms with Crippen LogP contribution in [0.3, 0.4) is 0 Å². The van der Waals surface area contributed by atoms with Crippen molar-refractivity contribution in [1.29, 1.82) is 0 Å². The third kappa shape index (κ3) is 3.85. The van der Waals surface area contributed by atoms with Crippen LogP contribution in [-0.2, 0) is 30.3 Å². The fraction of sp³-hybridized carbons (Fsp3) is 0.211. The van der Waals surface area contributed by atoms with Crippen LogP contribution in [0.4, 0.5) is 0 Å². The van der Waals surface area contributed by atoms with Crippen LogP contribution in [0.15, 0.2) is 53.0 Å². The molecule has 1 aromatic carbocycles. The minimum atomic E-state index is -1.02. The Morgan fingerprint density at radius 3 is 2.12 bits per heavy atom. The van der Waals surface area contributed by atoms with Crippen LogP contribution in [0, 0.1) is 0 Å². The lowest BCUT2D eigenvalue weighted by Gasteiger charge is -2.20. The van der Waals surface area contributed by atoms with E-state index in [0.29, 0.717) is 11.1 Å². The van der Waals surface area contributed by atoms with Crippen LogP contribution in [0.25, 0.3) is 6.08 Å². The molecule has 0 saturated carbocycles. The summed E-state index contributed by atoms with van der Waals surface area (Å²) in [4.78, 5) is 35.4. The second kappa shape index (κ2) is 7.61. The highest BCUT2D eigenvalue weighted by Crippen LogP contribution is 2.28. The van der Waals surface area contributed by atoms with E-state index in [9.17, 15) is 14.4 Å². The van der Waals surface area contributed by atoms with E-state index >= 15 is 0 Å². The van der Waals surface area contributed by atoms with Gasteiger partial charge in [0.15, 0.2) is 0 Å². The van der Waals surface area contributed by atoms with Crippen molar-refractivity contribution in [3.63, 3.8) is 0 Å². The molecular formula is C19H18O6. The van der Waals surface area contributed by atoms with Gasteiger partial charge in [0, 0.05) is 23.6 Å². The van der Waals surface area contributed by atoms with Gasteiger partial charge in [-0.3, -0.25) is 9.59 Å². The number of hydrogen-bond donors (Lipinski definition) is 1. The van der Waals surface area contributed by atoms with Gasteiger partial charge in [-0.2, -0.15) is 0 Å². The zero-order valence-electron chi connectivity index (χ0n) is 14.2. The Labute approximate surface area is 145 Å². The summed E-state index contributed by atoms with van der Waals surface area (Å²) in [7, 11) is 2.64. The minimum absolute atomic E-state index is 0.0806. The molecule has 0 amide bonds. The van der Waals surface area contributed by atoms with E-state index in [0.717, 1.165) is 17.2 Å². The molecule has 0 bridgehead atoms. The average Bonchev–Trinajstić information content (AvgIpc) is 2.60. The highest BCUT2D eigenvalue weighted by atomic mass is 16.5. The molecule has 0 atom stereocenters. The maximum Gasteiger partial charge on any atom is 0.328 e. The second-order valence-corrected chi connectivity index (χ2v) is 5.42. The molecule has 25 heavy (non-hydrogen) atoms. The molecule has 1 aliphatic rings. The third-order valence-corrected chi connectivity index (χ3v) is 3.87. The molecule has 0 heterocycles. The van der Waals surface area contributed by atoms with Gasteiger partial charge in [-0.1, -0.05) is 24.3 Å². The molecule has 2 rings (SSSR count). The number of rotatable bonds is 6. The molecule has 0 fully saturated rings. The van der Waals surface area contributed by atoms with Crippen molar-refractivity contribution in [3.05, 3.63) is 64.1 Å². The fourth-order valence-electron chi connectivity index (χ4n) is 2.52. The molecular weight excluding hydrogens is 324 g/mol. The van der Waals surface area contributed by atoms with Gasteiger partial charge in [-0.15, -0.1) is 0 Å². The maximum atomic E-state index is 12.6. The van der Waals surface area contributed by atoms with E-state index in [1.807, 2.05) is 0 Å². The van der Waals surface area contributed by atoms with Crippen molar-refractivity contribution in [1.82, 2.24) is 0 Å². The van der Waals surface area contributed by atoms with Gasteiger partial charge in [-0.25, -0.2) is 4.79 Å². The van der Waals surface area contributed by atoms with Crippen LogP contribution >= 0.6 is 0 Å². The number of aliphatic carboxylic acids is 1. The van der Waals surface area contributed by atoms with E-state index < -0.39 is 5.97 Å². The smallest absolute Gasteiger partial charge is 0.328 e. The molecule has 1 aliphatic carbocycles. The summed E-state index contributed by atoms with van der Waals surface area (Å²) in [5.41, 5.74) is 2.23. The van der Waals surface area contributed by atoms with Gasteiger partial charge in [0.1, 0.15) is 0 Å². The summed E-state index contributed by atoms with van der Waals surface area (Å²) in [6, 6.07) is 7.05. The van der Waals surface area contributed by atoms with Crippen LogP contribution < -0.4 is 0 Å². The van der Waals surface area contributed by atoms with E-state index in [-0.39, 0.29) is 29.5 Å². The average molecular weight is 342 g/mol. The number of benzene rings is 1. The lowest BCUT2D eigenvalue weighted by molar-refractivity contribution is -0.131. The quantitative estimate of drug-likeness (QED) is 0.630. The van der Waals surface area contributed by atoms with E-state index in [1.54, 1.807) is 31.2 Å². The number of ether oxygens (including phenoxy) is 2. The molecule has 0 saturated heterocycles. The molecule has 0 radical (unpaired) electrons. The monoisotopic (exact) mass is 342 g/mol. The van der Waals surface area contributed by atoms with Gasteiger partial charge in [-0.05, 0) is 24.1 Å². The van der Waals surface area contributed by atoms with Crippen molar-refractivity contribution >= 4 is 23.6 Å². The first-order valence-electron chi connectivity index (χ1n) is 7.50. The van der Waals surface area contributed by atoms with Crippen molar-refractivity contribution < 1.29 is 29.0 Å². The zero-order valence-corrected chi connectivity index (χ0v) is 14.2. The topological polar surface area (TPSA) is 89.9 Å². The largest absolute Gasteiger partial charge is 0.489 e. The Hall–Kier alpha value is -3.15. The number of hydrogen-bond acceptors (Lipinski definition) is 5. The van der Waals surface area contributed by atoms with Crippen LogP contribution in [-0.4, -0.2) is 36.9 Å². The van der Waals surface area contributed by atoms with E-state index in [2.05, 4.69) is 0 Å². The summed E-state index contributed by atoms with van der Waals surface area (Å²) in [5, 5.41) is 8.63. The lowest BCUT2D eigenvalue weighted by atomic mass is 9.89. The summed E-state index contributed by atoms with van der Waals surface area (Å²) in [6.07, 6.45) is 2.79. The minimum Gasteiger partial charge on any atom is -0.489 e. The number of carbonyl (C=O) groups is 3. The molecule has 0 unspecified atom stereocenters. The van der Waals surface area contributed by atoms with Crippen LogP contribution in [0.2, 0.25) is 0 Å². The van der Waals surface area contributed by atoms with E-state index in [4.69, 9.17) is 14.6 Å². The SMILES string of the molecule is COC1=C(OC)C(=O)C(Cc2ccc(/C=C/C(=O)O)cc2)=C(C)C1=O. The van der Waals surface area contributed by atoms with Crippen LogP contribution in [0.1, 0.15) is 18.1 Å². The van der Waals surface area contributed by atoms with Gasteiger partial charge in [0.25, 0.3) is 0 Å². The van der Waals surface area contributed by atoms with Gasteiger partial charge in [0.05, 0.1) is 14.2 Å². The van der Waals surface area contributed by atoms with Crippen LogP contribution in [0.5, 0.6) is 0 Å². The maximum absolute atomic E-state index is 12.6. The Bertz CT molecular complexity index is 809. The molecule has 6 nitrogen and oxygen atoms in total. The highest BCUT2D eigenvalue weighted by Gasteiger charge is 2.34. The Kier molecular flexibility index (Phi) is 5.54. The van der Waals surface area contributed by atoms with Gasteiger partial charge < -0.3 is 14.6 Å². The van der Waals surface area contributed by atoms with Crippen molar-refractivity contribution in [2.45, 2.75) is 13.3 Å². The first-order chi connectivity index (χ1) is 11.9. The Morgan fingerprint density at radius 1 is 1.04 bits per heavy atom. The fourth-order valence-corrected chi connectivity index (χ4v) is 2.52. The van der Waals surface area contributed by atoms with Gasteiger partial charge >= 0.3 is 5.97 Å². The van der Waals surface area contributed by atoms with E-state index in [1.165, 1.54) is 20.3 Å². The predicted octanol–water partition coefficient (Wildman–Crippen LogP) is 2.30. The molecule has 0 spiro atoms. The summed E-state index contributed by atoms with van der Waals surface area (Å²) in [6.45, 7) is 1.59. The number of carboxylic acid groups (broad SMARTS) is 1. The molecule has 0 aromatic heterocycles. The Balaban J connectivity index is 2.27. The normalized spacial score (nSPS) is 15.2. The lowest BCUT2D eigenvalue weighted by Crippen LogP contribution is -2.25. The second-order valence-electron chi connectivity index (χ2n) is 5.42. The van der Waals surface area contributed by atoms with Crippen molar-refractivity contribution in [2.75, 3.05) is 14.2 Å². The molecule has 1 aromatic rings. The number of allylic oxidation sites excluding steroid dienone is 2. The van der Waals surface area contributed by atoms with Crippen molar-refractivity contribution in [3.8, 4) is 0 Å². The number of methoxy groups -OCH3 is 2.